The molecule has 0 spiro atoms. The molecule has 0 saturated carbocycles. The van der Waals surface area contributed by atoms with Crippen LogP contribution in [0.5, 0.6) is 0 Å². The van der Waals surface area contributed by atoms with E-state index in [0.29, 0.717) is 19.5 Å². The van der Waals surface area contributed by atoms with Crippen LogP contribution in [0.2, 0.25) is 0 Å². The van der Waals surface area contributed by atoms with Crippen molar-refractivity contribution in [2.45, 2.75) is 39.7 Å². The molecule has 5 nitrogen and oxygen atoms in total. The van der Waals surface area contributed by atoms with Crippen LogP contribution < -0.4 is 11.1 Å². The van der Waals surface area contributed by atoms with Crippen LogP contribution >= 0.6 is 0 Å². The molecule has 1 atom stereocenters. The van der Waals surface area contributed by atoms with Gasteiger partial charge < -0.3 is 16.0 Å². The highest BCUT2D eigenvalue weighted by atomic mass is 16.2. The molecule has 0 radical (unpaired) electrons. The molecule has 0 aliphatic rings. The minimum Gasteiger partial charge on any atom is -0.354 e. The van der Waals surface area contributed by atoms with Crippen LogP contribution in [0.15, 0.2) is 0 Å². The lowest BCUT2D eigenvalue weighted by Crippen LogP contribution is -2.44. The third-order valence-corrected chi connectivity index (χ3v) is 2.56. The third kappa shape index (κ3) is 6.26. The van der Waals surface area contributed by atoms with Gasteiger partial charge in [-0.3, -0.25) is 9.59 Å². The van der Waals surface area contributed by atoms with Gasteiger partial charge in [-0.2, -0.15) is 0 Å². The molecule has 0 fully saturated rings. The Morgan fingerprint density at radius 1 is 1.35 bits per heavy atom. The van der Waals surface area contributed by atoms with Crippen LogP contribution in [0, 0.1) is 5.92 Å². The molecule has 0 bridgehead atoms. The van der Waals surface area contributed by atoms with Gasteiger partial charge in [0.2, 0.25) is 11.8 Å². The lowest BCUT2D eigenvalue weighted by molar-refractivity contribution is -0.132. The van der Waals surface area contributed by atoms with Crippen LogP contribution in [0.1, 0.15) is 33.6 Å². The molecule has 2 amide bonds. The molecule has 0 aliphatic heterocycles. The van der Waals surface area contributed by atoms with Crippen LogP contribution in [0.25, 0.3) is 0 Å². The van der Waals surface area contributed by atoms with Gasteiger partial charge in [-0.15, -0.1) is 0 Å². The first-order valence-corrected chi connectivity index (χ1v) is 6.18. The number of hydrogen-bond donors (Lipinski definition) is 2. The van der Waals surface area contributed by atoms with Gasteiger partial charge >= 0.3 is 0 Å². The third-order valence-electron chi connectivity index (χ3n) is 2.56. The van der Waals surface area contributed by atoms with E-state index in [9.17, 15) is 9.59 Å². The summed E-state index contributed by atoms with van der Waals surface area (Å²) in [5.74, 6) is -0.0901. The van der Waals surface area contributed by atoms with Crippen LogP contribution in [0.3, 0.4) is 0 Å². The highest BCUT2D eigenvalue weighted by Gasteiger charge is 2.16. The number of amides is 2. The smallest absolute Gasteiger partial charge is 0.239 e. The number of carbonyl (C=O) groups is 2. The molecule has 5 heteroatoms. The summed E-state index contributed by atoms with van der Waals surface area (Å²) in [5.41, 5.74) is 5.73. The maximum absolute atomic E-state index is 11.7. The van der Waals surface area contributed by atoms with Gasteiger partial charge in [0.1, 0.15) is 0 Å². The number of hydrogen-bond acceptors (Lipinski definition) is 3. The molecular formula is C12H25N3O2. The summed E-state index contributed by atoms with van der Waals surface area (Å²) in [6.45, 7) is 6.63. The number of carbonyl (C=O) groups excluding carboxylic acids is 2. The fourth-order valence-corrected chi connectivity index (χ4v) is 1.38. The van der Waals surface area contributed by atoms with E-state index in [1.54, 1.807) is 11.9 Å². The minimum atomic E-state index is -0.425. The highest BCUT2D eigenvalue weighted by molar-refractivity contribution is 5.81. The average Bonchev–Trinajstić information content (AvgIpc) is 2.27. The van der Waals surface area contributed by atoms with Gasteiger partial charge in [-0.05, 0) is 6.42 Å². The predicted octanol–water partition coefficient (Wildman–Crippen LogP) is 0.344. The SMILES string of the molecule is CCCC(N)C(=O)N(C)CCNC(=O)C(C)C. The average molecular weight is 243 g/mol. The topological polar surface area (TPSA) is 75.4 Å². The first-order chi connectivity index (χ1) is 7.90. The van der Waals surface area contributed by atoms with Gasteiger partial charge in [0.25, 0.3) is 0 Å². The molecule has 0 aromatic heterocycles. The van der Waals surface area contributed by atoms with Gasteiger partial charge in [0.15, 0.2) is 0 Å². The Bertz CT molecular complexity index is 254. The van der Waals surface area contributed by atoms with Gasteiger partial charge in [0, 0.05) is 26.1 Å². The van der Waals surface area contributed by atoms with Gasteiger partial charge in [-0.1, -0.05) is 27.2 Å². The van der Waals surface area contributed by atoms with Crippen molar-refractivity contribution in [1.82, 2.24) is 10.2 Å². The summed E-state index contributed by atoms with van der Waals surface area (Å²) in [6, 6.07) is -0.425. The predicted molar refractivity (Wildman–Crippen MR) is 68.4 cm³/mol. The van der Waals surface area contributed by atoms with E-state index < -0.39 is 6.04 Å². The fourth-order valence-electron chi connectivity index (χ4n) is 1.38. The summed E-state index contributed by atoms with van der Waals surface area (Å²) in [5, 5.41) is 2.77. The second-order valence-corrected chi connectivity index (χ2v) is 4.60. The first kappa shape index (κ1) is 15.9. The van der Waals surface area contributed by atoms with Crippen molar-refractivity contribution >= 4 is 11.8 Å². The van der Waals surface area contributed by atoms with Gasteiger partial charge in [0.05, 0.1) is 6.04 Å². The van der Waals surface area contributed by atoms with E-state index in [-0.39, 0.29) is 17.7 Å². The summed E-state index contributed by atoms with van der Waals surface area (Å²) in [7, 11) is 1.71. The zero-order valence-corrected chi connectivity index (χ0v) is 11.3. The standard InChI is InChI=1S/C12H25N3O2/c1-5-6-10(13)12(17)15(4)8-7-14-11(16)9(2)3/h9-10H,5-8,13H2,1-4H3,(H,14,16). The lowest BCUT2D eigenvalue weighted by atomic mass is 10.1. The van der Waals surface area contributed by atoms with Crippen molar-refractivity contribution in [2.24, 2.45) is 11.7 Å². The van der Waals surface area contributed by atoms with Crippen molar-refractivity contribution in [1.29, 1.82) is 0 Å². The van der Waals surface area contributed by atoms with E-state index >= 15 is 0 Å². The Labute approximate surface area is 104 Å². The largest absolute Gasteiger partial charge is 0.354 e. The zero-order chi connectivity index (χ0) is 13.4. The number of nitrogens with zero attached hydrogens (tertiary/aromatic N) is 1. The van der Waals surface area contributed by atoms with Crippen LogP contribution in [-0.4, -0.2) is 42.9 Å². The quantitative estimate of drug-likeness (QED) is 0.677. The number of rotatable bonds is 7. The monoisotopic (exact) mass is 243 g/mol. The van der Waals surface area contributed by atoms with E-state index in [1.807, 2.05) is 20.8 Å². The maximum Gasteiger partial charge on any atom is 0.239 e. The van der Waals surface area contributed by atoms with Crippen molar-refractivity contribution in [3.05, 3.63) is 0 Å². The Hall–Kier alpha value is -1.10. The van der Waals surface area contributed by atoms with E-state index in [0.717, 1.165) is 6.42 Å². The normalized spacial score (nSPS) is 12.4. The molecule has 0 heterocycles. The van der Waals surface area contributed by atoms with Crippen molar-refractivity contribution in [2.75, 3.05) is 20.1 Å². The number of likely N-dealkylation sites (N-methyl/N-ethyl adjacent to an activating group) is 1. The highest BCUT2D eigenvalue weighted by Crippen LogP contribution is 1.98. The van der Waals surface area contributed by atoms with Crippen molar-refractivity contribution in [3.63, 3.8) is 0 Å². The minimum absolute atomic E-state index is 0.00343. The molecule has 0 aromatic carbocycles. The fraction of sp³-hybridized carbons (Fsp3) is 0.833. The van der Waals surface area contributed by atoms with Crippen molar-refractivity contribution in [3.8, 4) is 0 Å². The van der Waals surface area contributed by atoms with E-state index in [4.69, 9.17) is 5.73 Å². The summed E-state index contributed by atoms with van der Waals surface area (Å²) in [4.78, 5) is 24.6. The van der Waals surface area contributed by atoms with E-state index in [1.165, 1.54) is 0 Å². The van der Waals surface area contributed by atoms with Gasteiger partial charge in [-0.25, -0.2) is 0 Å². The molecule has 1 unspecified atom stereocenters. The Morgan fingerprint density at radius 2 is 1.94 bits per heavy atom. The van der Waals surface area contributed by atoms with Crippen LogP contribution in [-0.2, 0) is 9.59 Å². The first-order valence-electron chi connectivity index (χ1n) is 6.18. The molecule has 3 N–H and O–H groups in total. The Morgan fingerprint density at radius 3 is 2.41 bits per heavy atom. The molecule has 0 saturated heterocycles. The number of nitrogens with one attached hydrogen (secondary N) is 1. The second kappa shape index (κ2) is 8.06. The lowest BCUT2D eigenvalue weighted by Gasteiger charge is -2.21. The maximum atomic E-state index is 11.7. The number of nitrogens with two attached hydrogens (primary N) is 1. The molecule has 0 aliphatic carbocycles. The summed E-state index contributed by atoms with van der Waals surface area (Å²) < 4.78 is 0. The second-order valence-electron chi connectivity index (χ2n) is 4.60. The molecule has 0 aromatic rings. The zero-order valence-electron chi connectivity index (χ0n) is 11.3. The molecule has 0 rings (SSSR count). The van der Waals surface area contributed by atoms with Crippen LogP contribution in [0.4, 0.5) is 0 Å². The molecular weight excluding hydrogens is 218 g/mol. The summed E-state index contributed by atoms with van der Waals surface area (Å²) in [6.07, 6.45) is 1.59. The Kier molecular flexibility index (Phi) is 7.54. The van der Waals surface area contributed by atoms with E-state index in [2.05, 4.69) is 5.32 Å². The van der Waals surface area contributed by atoms with Crippen molar-refractivity contribution < 1.29 is 9.59 Å². The Balaban J connectivity index is 3.89. The molecule has 17 heavy (non-hydrogen) atoms. The summed E-state index contributed by atoms with van der Waals surface area (Å²) >= 11 is 0. The molecule has 100 valence electrons.